The molecule has 0 fully saturated rings. The van der Waals surface area contributed by atoms with Crippen molar-refractivity contribution in [3.8, 4) is 12.3 Å². The van der Waals surface area contributed by atoms with Crippen LogP contribution in [-0.4, -0.2) is 11.2 Å². The van der Waals surface area contributed by atoms with Crippen LogP contribution in [0, 0.1) is 12.3 Å². The largest absolute Gasteiger partial charge is 0.346 e. The maximum Gasteiger partial charge on any atom is 0.137 e. The lowest BCUT2D eigenvalue weighted by atomic mass is 10.3. The molecule has 1 rings (SSSR count). The van der Waals surface area contributed by atoms with Crippen LogP contribution in [-0.2, 0) is 0 Å². The molecule has 1 N–H and O–H groups in total. The van der Waals surface area contributed by atoms with Crippen molar-refractivity contribution in [3.63, 3.8) is 0 Å². The Morgan fingerprint density at radius 3 is 3.18 bits per heavy atom. The lowest BCUT2D eigenvalue weighted by molar-refractivity contribution is 1.34. The third-order valence-electron chi connectivity index (χ3n) is 1.24. The molecule has 0 aliphatic heterocycles. The fourth-order valence-corrected chi connectivity index (χ4v) is 0.751. The van der Waals surface area contributed by atoms with Gasteiger partial charge >= 0.3 is 0 Å². The molecule has 0 saturated heterocycles. The molecule has 0 aliphatic rings. The van der Waals surface area contributed by atoms with Gasteiger partial charge in [-0.3, -0.25) is 0 Å². The monoisotopic (exact) mass is 144 g/mol. The molecule has 0 spiro atoms. The quantitative estimate of drug-likeness (QED) is 0.485. The second-order valence-corrected chi connectivity index (χ2v) is 1.91. The second-order valence-electron chi connectivity index (χ2n) is 1.91. The minimum Gasteiger partial charge on any atom is -0.346 e. The number of aliphatic imine (C=N–C) groups is 1. The molecule has 0 saturated carbocycles. The third kappa shape index (κ3) is 1.59. The number of aromatic nitrogens is 1. The lowest BCUT2D eigenvalue weighted by Gasteiger charge is -1.87. The van der Waals surface area contributed by atoms with Crippen molar-refractivity contribution in [1.29, 1.82) is 0 Å². The van der Waals surface area contributed by atoms with E-state index in [4.69, 9.17) is 6.42 Å². The Labute approximate surface area is 65.7 Å². The summed E-state index contributed by atoms with van der Waals surface area (Å²) in [4.78, 5) is 6.89. The van der Waals surface area contributed by atoms with Gasteiger partial charge in [0.05, 0.1) is 6.21 Å². The molecule has 0 atom stereocenters. The van der Waals surface area contributed by atoms with E-state index in [0.29, 0.717) is 0 Å². The Bertz CT molecular complexity index is 313. The average molecular weight is 144 g/mol. The number of hydrogen-bond acceptors (Lipinski definition) is 1. The summed E-state index contributed by atoms with van der Waals surface area (Å²) in [5.74, 6) is 3.06. The van der Waals surface area contributed by atoms with Gasteiger partial charge in [0.1, 0.15) is 5.82 Å². The Morgan fingerprint density at radius 2 is 2.55 bits per heavy atom. The highest BCUT2D eigenvalue weighted by Gasteiger charge is 1.94. The molecule has 2 nitrogen and oxygen atoms in total. The van der Waals surface area contributed by atoms with Crippen LogP contribution in [0.2, 0.25) is 0 Å². The van der Waals surface area contributed by atoms with Gasteiger partial charge in [0.15, 0.2) is 0 Å². The molecule has 2 heteroatoms. The second kappa shape index (κ2) is 3.43. The molecule has 1 aromatic rings. The van der Waals surface area contributed by atoms with Crippen molar-refractivity contribution in [1.82, 2.24) is 4.98 Å². The molecular weight excluding hydrogens is 136 g/mol. The number of hydrogen-bond donors (Lipinski definition) is 1. The van der Waals surface area contributed by atoms with Gasteiger partial charge in [-0.15, -0.1) is 6.42 Å². The highest BCUT2D eigenvalue weighted by Crippen LogP contribution is 2.16. The van der Waals surface area contributed by atoms with Gasteiger partial charge in [-0.1, -0.05) is 18.6 Å². The van der Waals surface area contributed by atoms with E-state index >= 15 is 0 Å². The van der Waals surface area contributed by atoms with E-state index in [1.165, 1.54) is 6.21 Å². The molecule has 0 aromatic carbocycles. The summed E-state index contributed by atoms with van der Waals surface area (Å²) in [5.41, 5.74) is 0.955. The van der Waals surface area contributed by atoms with Gasteiger partial charge in [0.25, 0.3) is 0 Å². The molecule has 0 radical (unpaired) electrons. The van der Waals surface area contributed by atoms with E-state index in [0.717, 1.165) is 11.4 Å². The zero-order chi connectivity index (χ0) is 8.10. The molecule has 1 heterocycles. The summed E-state index contributed by atoms with van der Waals surface area (Å²) in [7, 11) is 0. The van der Waals surface area contributed by atoms with Gasteiger partial charge in [-0.25, -0.2) is 4.99 Å². The van der Waals surface area contributed by atoms with E-state index in [1.807, 2.05) is 6.07 Å². The molecule has 0 aliphatic carbocycles. The maximum atomic E-state index is 5.00. The van der Waals surface area contributed by atoms with E-state index in [9.17, 15) is 0 Å². The molecule has 0 unspecified atom stereocenters. The van der Waals surface area contributed by atoms with Gasteiger partial charge in [-0.2, -0.15) is 0 Å². The molecule has 0 bridgehead atoms. The van der Waals surface area contributed by atoms with Gasteiger partial charge < -0.3 is 4.98 Å². The van der Waals surface area contributed by atoms with E-state index in [-0.39, 0.29) is 0 Å². The van der Waals surface area contributed by atoms with Crippen molar-refractivity contribution in [2.24, 2.45) is 4.99 Å². The molecule has 11 heavy (non-hydrogen) atoms. The zero-order valence-corrected chi connectivity index (χ0v) is 6.04. The number of H-pyrrole nitrogens is 1. The normalized spacial score (nSPS) is 9.73. The van der Waals surface area contributed by atoms with Crippen molar-refractivity contribution in [3.05, 3.63) is 24.4 Å². The highest BCUT2D eigenvalue weighted by molar-refractivity contribution is 5.80. The number of terminal acetylenes is 1. The number of nitrogens with zero attached hydrogens (tertiary/aromatic N) is 1. The number of aromatic amines is 1. The van der Waals surface area contributed by atoms with Crippen molar-refractivity contribution in [2.45, 2.75) is 0 Å². The van der Waals surface area contributed by atoms with Crippen LogP contribution in [0.25, 0.3) is 6.08 Å². The average Bonchev–Trinajstić information content (AvgIpc) is 2.47. The molecule has 1 aromatic heterocycles. The predicted octanol–water partition coefficient (Wildman–Crippen LogP) is 1.99. The Kier molecular flexibility index (Phi) is 2.29. The first-order valence-electron chi connectivity index (χ1n) is 3.17. The summed E-state index contributed by atoms with van der Waals surface area (Å²) in [6, 6.07) is 1.89. The van der Waals surface area contributed by atoms with Gasteiger partial charge in [-0.05, 0) is 6.07 Å². The molecular formula is C9H8N2. The molecule has 0 amide bonds. The standard InChI is InChI=1S/C9H8N2/c1-3-6-10-9-8(4-2)5-7-11-9/h1,4-7,11H,2H2/b10-6-. The predicted molar refractivity (Wildman–Crippen MR) is 47.9 cm³/mol. The minimum atomic E-state index is 0.748. The summed E-state index contributed by atoms with van der Waals surface area (Å²) in [6.07, 6.45) is 9.91. The van der Waals surface area contributed by atoms with Crippen LogP contribution in [0.3, 0.4) is 0 Å². The fourth-order valence-electron chi connectivity index (χ4n) is 0.751. The number of nitrogens with one attached hydrogen (secondary N) is 1. The Balaban J connectivity index is 2.95. The highest BCUT2D eigenvalue weighted by atomic mass is 14.9. The van der Waals surface area contributed by atoms with Gasteiger partial charge in [0.2, 0.25) is 0 Å². The van der Waals surface area contributed by atoms with Gasteiger partial charge in [0, 0.05) is 11.8 Å². The van der Waals surface area contributed by atoms with E-state index in [1.54, 1.807) is 12.3 Å². The van der Waals surface area contributed by atoms with Crippen LogP contribution in [0.1, 0.15) is 5.56 Å². The Morgan fingerprint density at radius 1 is 1.73 bits per heavy atom. The minimum absolute atomic E-state index is 0.748. The third-order valence-corrected chi connectivity index (χ3v) is 1.24. The van der Waals surface area contributed by atoms with Crippen molar-refractivity contribution >= 4 is 18.1 Å². The summed E-state index contributed by atoms with van der Waals surface area (Å²) in [6.45, 7) is 3.63. The topological polar surface area (TPSA) is 28.1 Å². The summed E-state index contributed by atoms with van der Waals surface area (Å²) >= 11 is 0. The van der Waals surface area contributed by atoms with Crippen LogP contribution in [0.5, 0.6) is 0 Å². The zero-order valence-electron chi connectivity index (χ0n) is 6.04. The summed E-state index contributed by atoms with van der Waals surface area (Å²) in [5, 5.41) is 0. The van der Waals surface area contributed by atoms with Crippen LogP contribution >= 0.6 is 0 Å². The smallest absolute Gasteiger partial charge is 0.137 e. The van der Waals surface area contributed by atoms with Crippen molar-refractivity contribution < 1.29 is 0 Å². The molecule has 54 valence electrons. The van der Waals surface area contributed by atoms with Crippen LogP contribution in [0.4, 0.5) is 5.82 Å². The Hall–Kier alpha value is -1.75. The summed E-state index contributed by atoms with van der Waals surface area (Å²) < 4.78 is 0. The van der Waals surface area contributed by atoms with E-state index < -0.39 is 0 Å². The lowest BCUT2D eigenvalue weighted by Crippen LogP contribution is -1.68. The fraction of sp³-hybridized carbons (Fsp3) is 0. The SMILES string of the molecule is C#C/C=N\c1[nH]ccc1C=C. The number of rotatable bonds is 2. The van der Waals surface area contributed by atoms with Crippen LogP contribution in [0.15, 0.2) is 23.8 Å². The van der Waals surface area contributed by atoms with Crippen molar-refractivity contribution in [2.75, 3.05) is 0 Å². The maximum absolute atomic E-state index is 5.00. The first-order valence-corrected chi connectivity index (χ1v) is 3.17. The van der Waals surface area contributed by atoms with Crippen LogP contribution < -0.4 is 0 Å². The first-order chi connectivity index (χ1) is 5.38. The van der Waals surface area contributed by atoms with E-state index in [2.05, 4.69) is 22.5 Å². The first kappa shape index (κ1) is 7.36.